The molecule has 222 valence electrons. The largest absolute Gasteiger partial charge is 0.476 e. The second-order valence-electron chi connectivity index (χ2n) is 11.2. The van der Waals surface area contributed by atoms with Gasteiger partial charge in [0, 0.05) is 42.7 Å². The molecule has 4 heterocycles. The van der Waals surface area contributed by atoms with E-state index in [0.29, 0.717) is 46.3 Å². The summed E-state index contributed by atoms with van der Waals surface area (Å²) in [6.07, 6.45) is 4.79. The van der Waals surface area contributed by atoms with E-state index in [9.17, 15) is 10.1 Å². The third-order valence-electron chi connectivity index (χ3n) is 8.10. The minimum Gasteiger partial charge on any atom is -0.476 e. The third kappa shape index (κ3) is 5.69. The molecule has 2 N–H and O–H groups in total. The molecule has 13 heteroatoms. The number of nitrogens with two attached hydrogens (primary N) is 1. The normalized spacial score (nSPS) is 20.8. The summed E-state index contributed by atoms with van der Waals surface area (Å²) in [5, 5.41) is 14.7. The molecule has 5 rings (SSSR count). The van der Waals surface area contributed by atoms with Gasteiger partial charge < -0.3 is 29.7 Å². The van der Waals surface area contributed by atoms with E-state index in [2.05, 4.69) is 41.6 Å². The Bertz CT molecular complexity index is 1510. The minimum atomic E-state index is -0.640. The van der Waals surface area contributed by atoms with Crippen LogP contribution in [0.4, 0.5) is 10.9 Å². The molecular weight excluding hydrogens is 554 g/mol. The summed E-state index contributed by atoms with van der Waals surface area (Å²) in [5.74, 6) is 1.43. The molecule has 0 spiro atoms. The van der Waals surface area contributed by atoms with Crippen LogP contribution < -0.4 is 15.4 Å². The van der Waals surface area contributed by atoms with E-state index in [1.807, 2.05) is 6.92 Å². The molecule has 2 aliphatic rings. The van der Waals surface area contributed by atoms with Gasteiger partial charge >= 0.3 is 0 Å². The number of nitrogen functional groups attached to an aromatic ring is 1. The van der Waals surface area contributed by atoms with Crippen LogP contribution in [0, 0.1) is 11.3 Å². The number of hydrogen-bond donors (Lipinski definition) is 1. The Morgan fingerprint density at radius 2 is 2.19 bits per heavy atom. The topological polar surface area (TPSA) is 151 Å². The Kier molecular flexibility index (Phi) is 8.47. The molecule has 1 fully saturated rings. The minimum absolute atomic E-state index is 0.172. The molecule has 0 radical (unpaired) electrons. The predicted octanol–water partition coefficient (Wildman–Crippen LogP) is 3.24. The number of nitriles is 1. The van der Waals surface area contributed by atoms with Crippen LogP contribution in [0.1, 0.15) is 55.0 Å². The highest BCUT2D eigenvalue weighted by atomic mass is 32.1. The van der Waals surface area contributed by atoms with Crippen molar-refractivity contribution in [3.05, 3.63) is 40.6 Å². The summed E-state index contributed by atoms with van der Waals surface area (Å²) in [5.41, 5.74) is 7.43. The van der Waals surface area contributed by atoms with Crippen molar-refractivity contribution in [2.24, 2.45) is 0 Å². The second-order valence-corrected chi connectivity index (χ2v) is 12.4. The third-order valence-corrected chi connectivity index (χ3v) is 9.18. The zero-order valence-corrected chi connectivity index (χ0v) is 25.4. The van der Waals surface area contributed by atoms with Crippen LogP contribution in [0.25, 0.3) is 11.5 Å². The van der Waals surface area contributed by atoms with Crippen LogP contribution in [-0.2, 0) is 16.6 Å². The maximum absolute atomic E-state index is 11.9. The molecule has 0 saturated carbocycles. The molecule has 42 heavy (non-hydrogen) atoms. The monoisotopic (exact) mass is 591 g/mol. The summed E-state index contributed by atoms with van der Waals surface area (Å²) in [6.45, 7) is 11.0. The first-order chi connectivity index (χ1) is 20.1. The quantitative estimate of drug-likeness (QED) is 0.385. The average Bonchev–Trinajstić information content (AvgIpc) is 3.55. The molecule has 1 aliphatic carbocycles. The van der Waals surface area contributed by atoms with Gasteiger partial charge in [0.25, 0.3) is 0 Å². The highest BCUT2D eigenvalue weighted by Gasteiger charge is 2.43. The molecule has 0 bridgehead atoms. The van der Waals surface area contributed by atoms with E-state index >= 15 is 0 Å². The Morgan fingerprint density at radius 1 is 1.38 bits per heavy atom. The van der Waals surface area contributed by atoms with Crippen molar-refractivity contribution in [2.75, 3.05) is 57.5 Å². The van der Waals surface area contributed by atoms with Crippen molar-refractivity contribution in [2.45, 2.75) is 51.0 Å². The molecule has 1 aliphatic heterocycles. The number of hydrogen-bond acceptors (Lipinski definition) is 12. The van der Waals surface area contributed by atoms with E-state index in [-0.39, 0.29) is 18.6 Å². The summed E-state index contributed by atoms with van der Waals surface area (Å²) >= 11 is 1.47. The molecule has 0 unspecified atom stereocenters. The van der Waals surface area contributed by atoms with Crippen LogP contribution in [0.2, 0.25) is 0 Å². The first-order valence-corrected chi connectivity index (χ1v) is 15.0. The molecule has 3 aromatic rings. The van der Waals surface area contributed by atoms with Gasteiger partial charge in [-0.3, -0.25) is 4.79 Å². The first kappa shape index (κ1) is 29.5. The van der Waals surface area contributed by atoms with Gasteiger partial charge in [0.05, 0.1) is 17.5 Å². The second kappa shape index (κ2) is 12.1. The molecule has 3 aromatic heterocycles. The van der Waals surface area contributed by atoms with Gasteiger partial charge in [0.1, 0.15) is 23.4 Å². The van der Waals surface area contributed by atoms with Crippen molar-refractivity contribution in [3.8, 4) is 23.5 Å². The van der Waals surface area contributed by atoms with Gasteiger partial charge in [-0.05, 0) is 59.2 Å². The number of ether oxygens (including phenoxy) is 1. The maximum Gasteiger partial charge on any atom is 0.245 e. The number of thiophene rings is 1. The predicted molar refractivity (Wildman–Crippen MR) is 160 cm³/mol. The van der Waals surface area contributed by atoms with Crippen LogP contribution >= 0.6 is 11.3 Å². The SMILES string of the molecule is C=CC(=O)N(C)CCOc1cc(-c2noc([C@@]3(C)CCCc4sc(N)c(C#N)c43)n2)nc(N2CCCN(C)C[C@@H]2C)n1. The van der Waals surface area contributed by atoms with Crippen molar-refractivity contribution >= 4 is 28.2 Å². The van der Waals surface area contributed by atoms with Gasteiger partial charge in [-0.25, -0.2) is 4.98 Å². The number of likely N-dealkylation sites (N-methyl/N-ethyl adjacent to an activating group) is 2. The number of aryl methyl sites for hydroxylation is 1. The van der Waals surface area contributed by atoms with Gasteiger partial charge in [0.15, 0.2) is 0 Å². The number of carbonyl (C=O) groups excluding carboxylic acids is 1. The number of fused-ring (bicyclic) bond motifs is 1. The van der Waals surface area contributed by atoms with Crippen LogP contribution in [0.15, 0.2) is 23.2 Å². The van der Waals surface area contributed by atoms with Gasteiger partial charge in [0.2, 0.25) is 29.5 Å². The lowest BCUT2D eigenvalue weighted by molar-refractivity contribution is -0.125. The average molecular weight is 592 g/mol. The lowest BCUT2D eigenvalue weighted by Gasteiger charge is -2.30. The highest BCUT2D eigenvalue weighted by Crippen LogP contribution is 2.48. The highest BCUT2D eigenvalue weighted by molar-refractivity contribution is 7.16. The van der Waals surface area contributed by atoms with E-state index in [1.54, 1.807) is 13.1 Å². The molecule has 1 saturated heterocycles. The zero-order valence-electron chi connectivity index (χ0n) is 24.6. The molecule has 2 atom stereocenters. The van der Waals surface area contributed by atoms with Crippen molar-refractivity contribution in [1.82, 2.24) is 29.9 Å². The summed E-state index contributed by atoms with van der Waals surface area (Å²) < 4.78 is 11.9. The smallest absolute Gasteiger partial charge is 0.245 e. The number of anilines is 2. The van der Waals surface area contributed by atoms with Gasteiger partial charge in [-0.15, -0.1) is 11.3 Å². The number of aromatic nitrogens is 4. The number of nitrogens with zero attached hydrogens (tertiary/aromatic N) is 8. The Morgan fingerprint density at radius 3 is 2.95 bits per heavy atom. The fourth-order valence-corrected chi connectivity index (χ4v) is 7.00. The maximum atomic E-state index is 11.9. The first-order valence-electron chi connectivity index (χ1n) is 14.2. The van der Waals surface area contributed by atoms with E-state index in [4.69, 9.17) is 29.9 Å². The molecule has 0 aromatic carbocycles. The fraction of sp³-hybridized carbons (Fsp3) is 0.517. The Balaban J connectivity index is 1.50. The molecule has 12 nitrogen and oxygen atoms in total. The Hall–Kier alpha value is -4.02. The standard InChI is InChI=1S/C29H37N9O3S/c1-6-23(39)37(5)13-14-40-22-15-20(32-28(33-22)38-12-8-11-36(4)17-18(38)2)26-34-27(41-35-26)29(3)10-7-9-21-24(29)19(16-30)25(31)42-21/h6,15,18H,1,7-14,17,31H2,2-5H3/t18-,29-/m0/s1. The Labute approximate surface area is 249 Å². The van der Waals surface area contributed by atoms with Crippen molar-refractivity contribution in [1.29, 1.82) is 5.26 Å². The summed E-state index contributed by atoms with van der Waals surface area (Å²) in [6, 6.07) is 4.15. The summed E-state index contributed by atoms with van der Waals surface area (Å²) in [4.78, 5) is 33.4. The van der Waals surface area contributed by atoms with E-state index in [0.717, 1.165) is 55.8 Å². The van der Waals surface area contributed by atoms with Crippen molar-refractivity contribution < 1.29 is 14.1 Å². The van der Waals surface area contributed by atoms with Crippen molar-refractivity contribution in [3.63, 3.8) is 0 Å². The van der Waals surface area contributed by atoms with E-state index in [1.165, 1.54) is 22.3 Å². The lowest BCUT2D eigenvalue weighted by Crippen LogP contribution is -2.39. The lowest BCUT2D eigenvalue weighted by atomic mass is 9.72. The fourth-order valence-electron chi connectivity index (χ4n) is 5.81. The van der Waals surface area contributed by atoms with Gasteiger partial charge in [-0.1, -0.05) is 11.7 Å². The van der Waals surface area contributed by atoms with Gasteiger partial charge in [-0.2, -0.15) is 15.2 Å². The number of amides is 1. The van der Waals surface area contributed by atoms with E-state index < -0.39 is 5.41 Å². The number of carbonyl (C=O) groups is 1. The van der Waals surface area contributed by atoms with Crippen LogP contribution in [-0.4, -0.2) is 88.7 Å². The number of rotatable bonds is 8. The summed E-state index contributed by atoms with van der Waals surface area (Å²) in [7, 11) is 3.81. The van der Waals surface area contributed by atoms with Crippen LogP contribution in [0.5, 0.6) is 5.88 Å². The zero-order chi connectivity index (χ0) is 30.0. The molecular formula is C29H37N9O3S. The molecule has 1 amide bonds. The van der Waals surface area contributed by atoms with Crippen LogP contribution in [0.3, 0.4) is 0 Å².